The van der Waals surface area contributed by atoms with Crippen LogP contribution in [0.3, 0.4) is 0 Å². The fraction of sp³-hybridized carbons (Fsp3) is 0. The van der Waals surface area contributed by atoms with E-state index >= 15 is 0 Å². The van der Waals surface area contributed by atoms with Gasteiger partial charge < -0.3 is 9.32 Å². The molecule has 3 heterocycles. The molecular weight excluding hydrogens is 494 g/mol. The maximum atomic E-state index is 6.45. The summed E-state index contributed by atoms with van der Waals surface area (Å²) in [6.45, 7) is 0. The van der Waals surface area contributed by atoms with E-state index in [1.54, 1.807) is 0 Å². The third-order valence-corrected chi connectivity index (χ3v) is 7.28. The summed E-state index contributed by atoms with van der Waals surface area (Å²) in [5, 5.41) is 0.965. The van der Waals surface area contributed by atoms with Crippen molar-refractivity contribution in [2.75, 3.05) is 4.90 Å². The molecule has 190 valence electrons. The van der Waals surface area contributed by atoms with E-state index in [1.807, 2.05) is 65.8 Å². The van der Waals surface area contributed by atoms with Gasteiger partial charge >= 0.3 is 0 Å². The second kappa shape index (κ2) is 8.99. The van der Waals surface area contributed by atoms with Gasteiger partial charge in [-0.25, -0.2) is 9.97 Å². The number of rotatable bonds is 5. The van der Waals surface area contributed by atoms with Gasteiger partial charge in [0.25, 0.3) is 0 Å². The molecule has 0 saturated carbocycles. The first-order chi connectivity index (χ1) is 19.8. The van der Waals surface area contributed by atoms with Crippen molar-refractivity contribution >= 4 is 50.3 Å². The summed E-state index contributed by atoms with van der Waals surface area (Å²) in [5.74, 6) is 0. The SMILES string of the molecule is c1ccc(N(c2ccccc2)c2ccc3oc4c(ncn4-c4cccc5ncn(-c6ccccc6)c45)c3c2)cc1. The number of nitrogens with zero attached hydrogens (tertiary/aromatic N) is 5. The van der Waals surface area contributed by atoms with Gasteiger partial charge in [-0.15, -0.1) is 0 Å². The van der Waals surface area contributed by atoms with Gasteiger partial charge in [0.15, 0.2) is 0 Å². The molecule has 40 heavy (non-hydrogen) atoms. The highest BCUT2D eigenvalue weighted by Gasteiger charge is 2.20. The van der Waals surface area contributed by atoms with Gasteiger partial charge in [0.2, 0.25) is 5.71 Å². The molecule has 8 aromatic rings. The van der Waals surface area contributed by atoms with Crippen molar-refractivity contribution in [1.82, 2.24) is 19.1 Å². The van der Waals surface area contributed by atoms with Crippen LogP contribution in [0.4, 0.5) is 17.1 Å². The van der Waals surface area contributed by atoms with Crippen molar-refractivity contribution in [3.05, 3.63) is 140 Å². The van der Waals surface area contributed by atoms with Gasteiger partial charge in [0, 0.05) is 22.7 Å². The van der Waals surface area contributed by atoms with Gasteiger partial charge in [-0.2, -0.15) is 0 Å². The van der Waals surface area contributed by atoms with E-state index in [4.69, 9.17) is 9.40 Å². The molecule has 5 aromatic carbocycles. The minimum absolute atomic E-state index is 0.700. The highest BCUT2D eigenvalue weighted by Crippen LogP contribution is 2.39. The number of anilines is 3. The molecule has 8 rings (SSSR count). The molecule has 0 saturated heterocycles. The molecule has 6 nitrogen and oxygen atoms in total. The van der Waals surface area contributed by atoms with Crippen LogP contribution in [0, 0.1) is 0 Å². The lowest BCUT2D eigenvalue weighted by atomic mass is 10.1. The monoisotopic (exact) mass is 517 g/mol. The Morgan fingerprint density at radius 2 is 1.25 bits per heavy atom. The molecule has 0 aliphatic heterocycles. The van der Waals surface area contributed by atoms with Crippen LogP contribution in [0.1, 0.15) is 0 Å². The van der Waals surface area contributed by atoms with Gasteiger partial charge in [-0.3, -0.25) is 9.13 Å². The molecule has 3 aromatic heterocycles. The first kappa shape index (κ1) is 22.4. The minimum Gasteiger partial charge on any atom is -0.437 e. The number of aromatic nitrogens is 4. The minimum atomic E-state index is 0.700. The number of benzene rings is 5. The number of hydrogen-bond donors (Lipinski definition) is 0. The van der Waals surface area contributed by atoms with Crippen molar-refractivity contribution < 1.29 is 4.42 Å². The summed E-state index contributed by atoms with van der Waals surface area (Å²) >= 11 is 0. The summed E-state index contributed by atoms with van der Waals surface area (Å²) in [4.78, 5) is 11.8. The van der Waals surface area contributed by atoms with E-state index in [2.05, 4.69) is 93.3 Å². The zero-order valence-corrected chi connectivity index (χ0v) is 21.4. The largest absolute Gasteiger partial charge is 0.437 e. The van der Waals surface area contributed by atoms with Crippen LogP contribution in [0.25, 0.3) is 44.6 Å². The molecule has 6 heteroatoms. The van der Waals surface area contributed by atoms with Crippen molar-refractivity contribution in [2.45, 2.75) is 0 Å². The molecule has 0 aliphatic rings. The summed E-state index contributed by atoms with van der Waals surface area (Å²) in [6.07, 6.45) is 3.70. The summed E-state index contributed by atoms with van der Waals surface area (Å²) < 4.78 is 10.6. The lowest BCUT2D eigenvalue weighted by molar-refractivity contribution is 0.643. The van der Waals surface area contributed by atoms with Crippen molar-refractivity contribution in [1.29, 1.82) is 0 Å². The predicted molar refractivity (Wildman–Crippen MR) is 160 cm³/mol. The molecule has 0 N–H and O–H groups in total. The zero-order chi connectivity index (χ0) is 26.5. The highest BCUT2D eigenvalue weighted by molar-refractivity contribution is 6.04. The van der Waals surface area contributed by atoms with E-state index < -0.39 is 0 Å². The Morgan fingerprint density at radius 1 is 0.575 bits per heavy atom. The van der Waals surface area contributed by atoms with Gasteiger partial charge in [-0.05, 0) is 66.7 Å². The lowest BCUT2D eigenvalue weighted by Gasteiger charge is -2.25. The number of imidazole rings is 2. The van der Waals surface area contributed by atoms with E-state index in [9.17, 15) is 0 Å². The summed E-state index contributed by atoms with van der Waals surface area (Å²) in [5.41, 5.74) is 9.41. The fourth-order valence-electron chi connectivity index (χ4n) is 5.45. The number of para-hydroxylation sites is 4. The van der Waals surface area contributed by atoms with E-state index in [1.165, 1.54) is 0 Å². The van der Waals surface area contributed by atoms with E-state index in [-0.39, 0.29) is 0 Å². The first-order valence-corrected chi connectivity index (χ1v) is 13.2. The molecule has 0 radical (unpaired) electrons. The maximum Gasteiger partial charge on any atom is 0.232 e. The molecular formula is C34H23N5O. The Labute approximate surface area is 230 Å². The predicted octanol–water partition coefficient (Wildman–Crippen LogP) is 8.58. The Bertz CT molecular complexity index is 2070. The van der Waals surface area contributed by atoms with Crippen molar-refractivity contribution in [2.24, 2.45) is 0 Å². The second-order valence-electron chi connectivity index (χ2n) is 9.65. The molecule has 0 bridgehead atoms. The smallest absolute Gasteiger partial charge is 0.232 e. The van der Waals surface area contributed by atoms with Crippen LogP contribution in [0.5, 0.6) is 0 Å². The third-order valence-electron chi connectivity index (χ3n) is 7.28. The van der Waals surface area contributed by atoms with Crippen molar-refractivity contribution in [3.63, 3.8) is 0 Å². The Balaban J connectivity index is 1.31. The van der Waals surface area contributed by atoms with Gasteiger partial charge in [0.05, 0.1) is 22.1 Å². The van der Waals surface area contributed by atoms with Crippen LogP contribution >= 0.6 is 0 Å². The topological polar surface area (TPSA) is 52.0 Å². The van der Waals surface area contributed by atoms with Gasteiger partial charge in [0.1, 0.15) is 23.8 Å². The molecule has 0 spiro atoms. The Morgan fingerprint density at radius 3 is 1.98 bits per heavy atom. The molecule has 0 amide bonds. The Kier molecular flexibility index (Phi) is 5.03. The van der Waals surface area contributed by atoms with Crippen LogP contribution < -0.4 is 4.90 Å². The second-order valence-corrected chi connectivity index (χ2v) is 9.65. The number of furan rings is 1. The van der Waals surface area contributed by atoms with Crippen LogP contribution in [-0.2, 0) is 0 Å². The van der Waals surface area contributed by atoms with Crippen LogP contribution in [0.2, 0.25) is 0 Å². The average molecular weight is 518 g/mol. The number of fused-ring (bicyclic) bond motifs is 4. The molecule has 0 unspecified atom stereocenters. The fourth-order valence-corrected chi connectivity index (χ4v) is 5.45. The summed E-state index contributed by atoms with van der Waals surface area (Å²) in [6, 6.07) is 43.4. The number of hydrogen-bond acceptors (Lipinski definition) is 4. The molecule has 0 fully saturated rings. The van der Waals surface area contributed by atoms with Gasteiger partial charge in [-0.1, -0.05) is 60.7 Å². The van der Waals surface area contributed by atoms with E-state index in [0.29, 0.717) is 5.71 Å². The Hall–Kier alpha value is -5.62. The zero-order valence-electron chi connectivity index (χ0n) is 21.4. The quantitative estimate of drug-likeness (QED) is 0.229. The first-order valence-electron chi connectivity index (χ1n) is 13.2. The molecule has 0 atom stereocenters. The highest BCUT2D eigenvalue weighted by atomic mass is 16.3. The van der Waals surface area contributed by atoms with Crippen LogP contribution in [0.15, 0.2) is 144 Å². The normalized spacial score (nSPS) is 11.5. The third kappa shape index (κ3) is 3.50. The van der Waals surface area contributed by atoms with E-state index in [0.717, 1.165) is 56.0 Å². The van der Waals surface area contributed by atoms with Crippen molar-refractivity contribution in [3.8, 4) is 11.4 Å². The lowest BCUT2D eigenvalue weighted by Crippen LogP contribution is -2.09. The standard InChI is InChI=1S/C34H23N5O/c1-4-11-24(12-5-1)37-22-35-29-17-10-18-30(33(29)37)38-23-36-32-28-21-27(19-20-31(28)40-34(32)38)39(25-13-6-2-7-14-25)26-15-8-3-9-16-26/h1-23H. The van der Waals surface area contributed by atoms with Crippen LogP contribution in [-0.4, -0.2) is 19.1 Å². The average Bonchev–Trinajstić information content (AvgIpc) is 3.73. The summed E-state index contributed by atoms with van der Waals surface area (Å²) in [7, 11) is 0. The molecule has 0 aliphatic carbocycles. The maximum absolute atomic E-state index is 6.45.